The number of benzene rings is 1. The van der Waals surface area contributed by atoms with Gasteiger partial charge in [-0.05, 0) is 57.4 Å². The molecule has 1 heterocycles. The van der Waals surface area contributed by atoms with Crippen molar-refractivity contribution in [1.82, 2.24) is 10.6 Å². The highest BCUT2D eigenvalue weighted by Gasteiger charge is 2.33. The summed E-state index contributed by atoms with van der Waals surface area (Å²) in [5.41, 5.74) is 0.757. The van der Waals surface area contributed by atoms with Gasteiger partial charge in [-0.15, -0.1) is 0 Å². The molecule has 0 aliphatic carbocycles. The van der Waals surface area contributed by atoms with Crippen molar-refractivity contribution >= 4 is 5.91 Å². The number of nitrogens with one attached hydrogen (secondary N) is 2. The van der Waals surface area contributed by atoms with Gasteiger partial charge in [-0.2, -0.15) is 0 Å². The van der Waals surface area contributed by atoms with E-state index in [1.165, 1.54) is 5.56 Å². The molecule has 1 aliphatic rings. The predicted molar refractivity (Wildman–Crippen MR) is 79.9 cm³/mol. The zero-order chi connectivity index (χ0) is 14.4. The fourth-order valence-corrected chi connectivity index (χ4v) is 2.48. The maximum Gasteiger partial charge on any atom is 0.240 e. The number of hydrogen-bond donors (Lipinski definition) is 2. The minimum absolute atomic E-state index is 0.0741. The van der Waals surface area contributed by atoms with Crippen LogP contribution in [0.2, 0.25) is 0 Å². The van der Waals surface area contributed by atoms with E-state index >= 15 is 0 Å². The first-order valence-corrected chi connectivity index (χ1v) is 7.33. The highest BCUT2D eigenvalue weighted by Crippen LogP contribution is 2.18. The van der Waals surface area contributed by atoms with E-state index in [0.717, 1.165) is 31.6 Å². The molecule has 0 bridgehead atoms. The summed E-state index contributed by atoms with van der Waals surface area (Å²) in [5, 5.41) is 6.26. The first kappa shape index (κ1) is 14.9. The van der Waals surface area contributed by atoms with E-state index in [-0.39, 0.29) is 5.91 Å². The molecule has 20 heavy (non-hydrogen) atoms. The van der Waals surface area contributed by atoms with Crippen molar-refractivity contribution in [2.45, 2.75) is 38.6 Å². The van der Waals surface area contributed by atoms with Crippen LogP contribution in [0.1, 0.15) is 31.7 Å². The largest absolute Gasteiger partial charge is 0.492 e. The quantitative estimate of drug-likeness (QED) is 0.809. The topological polar surface area (TPSA) is 50.4 Å². The Labute approximate surface area is 120 Å². The number of hydrogen-bond acceptors (Lipinski definition) is 3. The van der Waals surface area contributed by atoms with Gasteiger partial charge < -0.3 is 15.4 Å². The van der Waals surface area contributed by atoms with Crippen molar-refractivity contribution in [2.75, 3.05) is 19.7 Å². The van der Waals surface area contributed by atoms with Crippen LogP contribution in [0.4, 0.5) is 0 Å². The number of aryl methyl sites for hydroxylation is 1. The smallest absolute Gasteiger partial charge is 0.240 e. The molecular weight excluding hydrogens is 252 g/mol. The van der Waals surface area contributed by atoms with E-state index in [2.05, 4.69) is 10.6 Å². The third kappa shape index (κ3) is 3.97. The van der Waals surface area contributed by atoms with Crippen LogP contribution in [-0.2, 0) is 4.79 Å². The van der Waals surface area contributed by atoms with Gasteiger partial charge in [-0.3, -0.25) is 4.79 Å². The fourth-order valence-electron chi connectivity index (χ4n) is 2.48. The molecule has 0 saturated carbocycles. The number of carbonyl (C=O) groups is 1. The molecule has 1 fully saturated rings. The highest BCUT2D eigenvalue weighted by atomic mass is 16.5. The maximum absolute atomic E-state index is 12.2. The molecule has 1 aliphatic heterocycles. The molecule has 1 amide bonds. The molecule has 2 rings (SSSR count). The summed E-state index contributed by atoms with van der Waals surface area (Å²) in [6.45, 7) is 5.95. The number of carbonyl (C=O) groups excluding carboxylic acids is 1. The van der Waals surface area contributed by atoms with Crippen LogP contribution in [0.25, 0.3) is 0 Å². The highest BCUT2D eigenvalue weighted by molar-refractivity contribution is 5.85. The molecule has 1 aromatic rings. The molecule has 0 radical (unpaired) electrons. The van der Waals surface area contributed by atoms with E-state index in [1.54, 1.807) is 0 Å². The van der Waals surface area contributed by atoms with Crippen molar-refractivity contribution < 1.29 is 9.53 Å². The van der Waals surface area contributed by atoms with Crippen LogP contribution < -0.4 is 15.4 Å². The molecule has 4 heteroatoms. The summed E-state index contributed by atoms with van der Waals surface area (Å²) in [4.78, 5) is 12.2. The normalized spacial score (nSPS) is 22.3. The average molecular weight is 276 g/mol. The molecule has 4 nitrogen and oxygen atoms in total. The third-order valence-electron chi connectivity index (χ3n) is 3.77. The molecule has 1 aromatic carbocycles. The van der Waals surface area contributed by atoms with Gasteiger partial charge in [-0.25, -0.2) is 0 Å². The molecule has 1 saturated heterocycles. The Morgan fingerprint density at radius 1 is 1.45 bits per heavy atom. The van der Waals surface area contributed by atoms with Crippen molar-refractivity contribution in [2.24, 2.45) is 0 Å². The lowest BCUT2D eigenvalue weighted by atomic mass is 9.90. The first-order chi connectivity index (χ1) is 9.60. The maximum atomic E-state index is 12.2. The number of amides is 1. The number of rotatable bonds is 5. The lowest BCUT2D eigenvalue weighted by Crippen LogP contribution is -2.57. The van der Waals surface area contributed by atoms with E-state index < -0.39 is 5.54 Å². The summed E-state index contributed by atoms with van der Waals surface area (Å²) in [5.74, 6) is 0.922. The van der Waals surface area contributed by atoms with Gasteiger partial charge in [0.05, 0.1) is 12.1 Å². The number of piperidine rings is 1. The van der Waals surface area contributed by atoms with E-state index in [0.29, 0.717) is 13.2 Å². The van der Waals surface area contributed by atoms with Crippen molar-refractivity contribution in [1.29, 1.82) is 0 Å². The van der Waals surface area contributed by atoms with Crippen molar-refractivity contribution in [3.8, 4) is 5.75 Å². The Hall–Kier alpha value is -1.55. The monoisotopic (exact) mass is 276 g/mol. The Kier molecular flexibility index (Phi) is 5.01. The van der Waals surface area contributed by atoms with Gasteiger partial charge >= 0.3 is 0 Å². The Morgan fingerprint density at radius 3 is 3.00 bits per heavy atom. The lowest BCUT2D eigenvalue weighted by Gasteiger charge is -2.33. The molecule has 1 atom stereocenters. The zero-order valence-electron chi connectivity index (χ0n) is 12.4. The molecular formula is C16H24N2O2. The van der Waals surface area contributed by atoms with Crippen LogP contribution in [0.3, 0.4) is 0 Å². The summed E-state index contributed by atoms with van der Waals surface area (Å²) >= 11 is 0. The minimum Gasteiger partial charge on any atom is -0.492 e. The van der Waals surface area contributed by atoms with Crippen molar-refractivity contribution in [3.05, 3.63) is 29.8 Å². The molecule has 0 spiro atoms. The molecule has 1 unspecified atom stereocenters. The SMILES string of the molecule is Cc1cccc(OCCNC(=O)C2(C)CCCCN2)c1. The minimum atomic E-state index is -0.415. The predicted octanol–water partition coefficient (Wildman–Crippen LogP) is 2.02. The van der Waals surface area contributed by atoms with E-state index in [1.807, 2.05) is 38.1 Å². The van der Waals surface area contributed by atoms with Gasteiger partial charge in [0.1, 0.15) is 12.4 Å². The summed E-state index contributed by atoms with van der Waals surface area (Å²) in [6.07, 6.45) is 3.16. The second-order valence-corrected chi connectivity index (χ2v) is 5.64. The summed E-state index contributed by atoms with van der Waals surface area (Å²) < 4.78 is 5.62. The second kappa shape index (κ2) is 6.75. The van der Waals surface area contributed by atoms with E-state index in [4.69, 9.17) is 4.74 Å². The summed E-state index contributed by atoms with van der Waals surface area (Å²) in [7, 11) is 0. The zero-order valence-corrected chi connectivity index (χ0v) is 12.4. The van der Waals surface area contributed by atoms with Crippen molar-refractivity contribution in [3.63, 3.8) is 0 Å². The Balaban J connectivity index is 1.71. The van der Waals surface area contributed by atoms with Gasteiger partial charge in [0, 0.05) is 0 Å². The summed E-state index contributed by atoms with van der Waals surface area (Å²) in [6, 6.07) is 7.92. The number of ether oxygens (including phenoxy) is 1. The Morgan fingerprint density at radius 2 is 2.30 bits per heavy atom. The molecule has 0 aromatic heterocycles. The second-order valence-electron chi connectivity index (χ2n) is 5.64. The van der Waals surface area contributed by atoms with Crippen LogP contribution in [-0.4, -0.2) is 31.1 Å². The van der Waals surface area contributed by atoms with Gasteiger partial charge in [0.2, 0.25) is 5.91 Å². The third-order valence-corrected chi connectivity index (χ3v) is 3.77. The molecule has 110 valence electrons. The lowest BCUT2D eigenvalue weighted by molar-refractivity contribution is -0.128. The fraction of sp³-hybridized carbons (Fsp3) is 0.562. The van der Waals surface area contributed by atoms with Gasteiger partial charge in [0.15, 0.2) is 0 Å². The van der Waals surface area contributed by atoms with Crippen LogP contribution in [0.15, 0.2) is 24.3 Å². The Bertz CT molecular complexity index is 454. The average Bonchev–Trinajstić information content (AvgIpc) is 2.44. The van der Waals surface area contributed by atoms with Gasteiger partial charge in [-0.1, -0.05) is 12.1 Å². The van der Waals surface area contributed by atoms with E-state index in [9.17, 15) is 4.79 Å². The van der Waals surface area contributed by atoms with Crippen LogP contribution in [0.5, 0.6) is 5.75 Å². The standard InChI is InChI=1S/C16H24N2O2/c1-13-6-5-7-14(12-13)20-11-10-17-15(19)16(2)8-3-4-9-18-16/h5-7,12,18H,3-4,8-11H2,1-2H3,(H,17,19). The van der Waals surface area contributed by atoms with Crippen LogP contribution >= 0.6 is 0 Å². The van der Waals surface area contributed by atoms with Gasteiger partial charge in [0.25, 0.3) is 0 Å². The molecule has 2 N–H and O–H groups in total. The first-order valence-electron chi connectivity index (χ1n) is 7.33. The van der Waals surface area contributed by atoms with Crippen LogP contribution in [0, 0.1) is 6.92 Å².